The van der Waals surface area contributed by atoms with E-state index in [0.717, 1.165) is 13.0 Å². The molecule has 0 radical (unpaired) electrons. The van der Waals surface area contributed by atoms with Crippen molar-refractivity contribution in [2.75, 3.05) is 13.6 Å². The Labute approximate surface area is 72.1 Å². The zero-order valence-corrected chi connectivity index (χ0v) is 7.34. The van der Waals surface area contributed by atoms with E-state index in [4.69, 9.17) is 5.73 Å². The molecule has 1 spiro atoms. The van der Waals surface area contributed by atoms with Gasteiger partial charge in [0.15, 0.2) is 0 Å². The van der Waals surface area contributed by atoms with Crippen molar-refractivity contribution in [3.8, 4) is 0 Å². The van der Waals surface area contributed by atoms with Crippen LogP contribution in [-0.4, -0.2) is 30.6 Å². The molecule has 4 heteroatoms. The van der Waals surface area contributed by atoms with Crippen LogP contribution in [0.4, 0.5) is 0 Å². The molecular formula is C8H15N3O. The number of nitrogens with one attached hydrogen (secondary N) is 1. The minimum Gasteiger partial charge on any atom is -0.368 e. The molecule has 2 rings (SSSR count). The number of amides is 1. The van der Waals surface area contributed by atoms with Crippen molar-refractivity contribution in [2.45, 2.75) is 25.3 Å². The van der Waals surface area contributed by atoms with Crippen molar-refractivity contribution in [1.82, 2.24) is 10.4 Å². The van der Waals surface area contributed by atoms with Crippen molar-refractivity contribution in [3.63, 3.8) is 0 Å². The molecule has 68 valence electrons. The first-order valence-electron chi connectivity index (χ1n) is 4.40. The molecule has 2 aliphatic rings. The first-order chi connectivity index (χ1) is 5.67. The van der Waals surface area contributed by atoms with Crippen LogP contribution in [0.5, 0.6) is 0 Å². The van der Waals surface area contributed by atoms with Crippen LogP contribution >= 0.6 is 0 Å². The SMILES string of the molecule is CNN1CC2(CC2)C[C@H]1C(N)=O. The van der Waals surface area contributed by atoms with Gasteiger partial charge in [-0.3, -0.25) is 10.2 Å². The van der Waals surface area contributed by atoms with E-state index >= 15 is 0 Å². The fourth-order valence-corrected chi connectivity index (χ4v) is 2.08. The Morgan fingerprint density at radius 2 is 2.33 bits per heavy atom. The predicted molar refractivity (Wildman–Crippen MR) is 45.0 cm³/mol. The van der Waals surface area contributed by atoms with E-state index in [0.29, 0.717) is 5.41 Å². The van der Waals surface area contributed by atoms with Crippen molar-refractivity contribution < 1.29 is 4.79 Å². The zero-order chi connectivity index (χ0) is 8.77. The van der Waals surface area contributed by atoms with Crippen molar-refractivity contribution >= 4 is 5.91 Å². The lowest BCUT2D eigenvalue weighted by Crippen LogP contribution is -2.46. The molecule has 12 heavy (non-hydrogen) atoms. The Hall–Kier alpha value is -0.610. The monoisotopic (exact) mass is 169 g/mol. The van der Waals surface area contributed by atoms with Crippen LogP contribution in [0.25, 0.3) is 0 Å². The zero-order valence-electron chi connectivity index (χ0n) is 7.34. The van der Waals surface area contributed by atoms with Gasteiger partial charge in [0.2, 0.25) is 5.91 Å². The fraction of sp³-hybridized carbons (Fsp3) is 0.875. The molecule has 0 bridgehead atoms. The van der Waals surface area contributed by atoms with E-state index in [1.807, 2.05) is 12.1 Å². The van der Waals surface area contributed by atoms with Gasteiger partial charge in [-0.25, -0.2) is 5.01 Å². The standard InChI is InChI=1S/C8H15N3O/c1-10-11-5-8(2-3-8)4-6(11)7(9)12/h6,10H,2-5H2,1H3,(H2,9,12)/t6-/m0/s1. The number of hydrogen-bond donors (Lipinski definition) is 2. The molecule has 2 fully saturated rings. The lowest BCUT2D eigenvalue weighted by Gasteiger charge is -2.19. The Balaban J connectivity index is 2.07. The highest BCUT2D eigenvalue weighted by Gasteiger charge is 2.53. The Morgan fingerprint density at radius 1 is 1.67 bits per heavy atom. The summed E-state index contributed by atoms with van der Waals surface area (Å²) in [6.07, 6.45) is 3.47. The lowest BCUT2D eigenvalue weighted by molar-refractivity contribution is -0.123. The van der Waals surface area contributed by atoms with Crippen LogP contribution in [-0.2, 0) is 4.79 Å². The third-order valence-corrected chi connectivity index (χ3v) is 3.08. The van der Waals surface area contributed by atoms with Crippen LogP contribution in [0.2, 0.25) is 0 Å². The first-order valence-corrected chi connectivity index (χ1v) is 4.40. The van der Waals surface area contributed by atoms with Crippen molar-refractivity contribution in [3.05, 3.63) is 0 Å². The van der Waals surface area contributed by atoms with Crippen molar-refractivity contribution in [2.24, 2.45) is 11.1 Å². The third kappa shape index (κ3) is 1.11. The number of primary amides is 1. The van der Waals surface area contributed by atoms with Crippen LogP contribution in [0.3, 0.4) is 0 Å². The minimum absolute atomic E-state index is 0.0856. The van der Waals surface area contributed by atoms with Gasteiger partial charge in [0.1, 0.15) is 6.04 Å². The van der Waals surface area contributed by atoms with Crippen molar-refractivity contribution in [1.29, 1.82) is 0 Å². The molecule has 4 nitrogen and oxygen atoms in total. The van der Waals surface area contributed by atoms with Gasteiger partial charge in [0, 0.05) is 6.54 Å². The molecule has 1 aliphatic carbocycles. The van der Waals surface area contributed by atoms with E-state index in [9.17, 15) is 4.79 Å². The first kappa shape index (κ1) is 8.01. The number of carbonyl (C=O) groups is 1. The summed E-state index contributed by atoms with van der Waals surface area (Å²) in [7, 11) is 1.84. The highest BCUT2D eigenvalue weighted by atomic mass is 16.1. The summed E-state index contributed by atoms with van der Waals surface area (Å²) in [5, 5.41) is 1.97. The highest BCUT2D eigenvalue weighted by Crippen LogP contribution is 2.54. The van der Waals surface area contributed by atoms with Gasteiger partial charge in [0.05, 0.1) is 0 Å². The summed E-state index contributed by atoms with van der Waals surface area (Å²) in [5.74, 6) is -0.201. The van der Waals surface area contributed by atoms with Gasteiger partial charge < -0.3 is 5.73 Å². The second-order valence-electron chi connectivity index (χ2n) is 3.97. The average molecular weight is 169 g/mol. The Morgan fingerprint density at radius 3 is 2.67 bits per heavy atom. The quantitative estimate of drug-likeness (QED) is 0.583. The molecule has 3 N–H and O–H groups in total. The van der Waals surface area contributed by atoms with Gasteiger partial charge in [-0.2, -0.15) is 0 Å². The number of rotatable bonds is 2. The summed E-state index contributed by atoms with van der Waals surface area (Å²) in [5.41, 5.74) is 8.75. The minimum atomic E-state index is -0.201. The summed E-state index contributed by atoms with van der Waals surface area (Å²) in [6, 6.07) is -0.0856. The number of hydrazine groups is 1. The summed E-state index contributed by atoms with van der Waals surface area (Å²) >= 11 is 0. The van der Waals surface area contributed by atoms with Gasteiger partial charge >= 0.3 is 0 Å². The topological polar surface area (TPSA) is 58.4 Å². The molecule has 1 heterocycles. The molecule has 1 amide bonds. The molecule has 0 aromatic carbocycles. The second-order valence-corrected chi connectivity index (χ2v) is 3.97. The maximum Gasteiger partial charge on any atom is 0.236 e. The van der Waals surface area contributed by atoms with Gasteiger partial charge in [-0.15, -0.1) is 0 Å². The number of carbonyl (C=O) groups excluding carboxylic acids is 1. The summed E-state index contributed by atoms with van der Waals surface area (Å²) < 4.78 is 0. The third-order valence-electron chi connectivity index (χ3n) is 3.08. The molecule has 1 aliphatic heterocycles. The molecule has 1 saturated heterocycles. The van der Waals surface area contributed by atoms with Gasteiger partial charge in [-0.05, 0) is 31.7 Å². The Kier molecular flexibility index (Phi) is 1.63. The maximum atomic E-state index is 11.0. The van der Waals surface area contributed by atoms with Gasteiger partial charge in [-0.1, -0.05) is 0 Å². The number of nitrogens with zero attached hydrogens (tertiary/aromatic N) is 1. The molecule has 0 aromatic rings. The number of hydrogen-bond acceptors (Lipinski definition) is 3. The molecule has 1 saturated carbocycles. The van der Waals surface area contributed by atoms with E-state index in [1.54, 1.807) is 0 Å². The summed E-state index contributed by atoms with van der Waals surface area (Å²) in [4.78, 5) is 11.0. The maximum absolute atomic E-state index is 11.0. The Bertz CT molecular complexity index is 212. The molecule has 0 aromatic heterocycles. The molecule has 1 atom stereocenters. The van der Waals surface area contributed by atoms with Gasteiger partial charge in [0.25, 0.3) is 0 Å². The predicted octanol–water partition coefficient (Wildman–Crippen LogP) is -0.539. The summed E-state index contributed by atoms with van der Waals surface area (Å²) in [6.45, 7) is 0.983. The van der Waals surface area contributed by atoms with Crippen LogP contribution in [0.15, 0.2) is 0 Å². The lowest BCUT2D eigenvalue weighted by atomic mass is 10.0. The highest BCUT2D eigenvalue weighted by molar-refractivity contribution is 5.80. The normalized spacial score (nSPS) is 32.6. The van der Waals surface area contributed by atoms with E-state index in [2.05, 4.69) is 5.43 Å². The molecular weight excluding hydrogens is 154 g/mol. The van der Waals surface area contributed by atoms with Crippen LogP contribution < -0.4 is 11.2 Å². The second kappa shape index (κ2) is 2.44. The number of nitrogens with two attached hydrogens (primary N) is 1. The van der Waals surface area contributed by atoms with E-state index in [-0.39, 0.29) is 11.9 Å². The van der Waals surface area contributed by atoms with Crippen LogP contribution in [0, 0.1) is 5.41 Å². The van der Waals surface area contributed by atoms with E-state index in [1.165, 1.54) is 12.8 Å². The average Bonchev–Trinajstić information content (AvgIpc) is 2.62. The fourth-order valence-electron chi connectivity index (χ4n) is 2.08. The largest absolute Gasteiger partial charge is 0.368 e. The smallest absolute Gasteiger partial charge is 0.236 e. The molecule has 0 unspecified atom stereocenters. The van der Waals surface area contributed by atoms with Crippen LogP contribution in [0.1, 0.15) is 19.3 Å². The van der Waals surface area contributed by atoms with E-state index < -0.39 is 0 Å².